The molecule has 0 amide bonds. The largest absolute Gasteiger partial charge is 0.472 e. The van der Waals surface area contributed by atoms with Gasteiger partial charge in [0.05, 0.1) is 26.4 Å². The summed E-state index contributed by atoms with van der Waals surface area (Å²) >= 11 is 0. The maximum Gasteiger partial charge on any atom is 0.472 e. The van der Waals surface area contributed by atoms with Crippen molar-refractivity contribution in [1.82, 2.24) is 0 Å². The Balaban J connectivity index is 5.36. The fourth-order valence-corrected chi connectivity index (χ4v) is 11.9. The smallest absolute Gasteiger partial charge is 0.462 e. The molecular weight excluding hydrogens is 1260 g/mol. The summed E-state index contributed by atoms with van der Waals surface area (Å²) in [4.78, 5) is 72.8. The number of allylic oxidation sites excluding steroid dienone is 12. The minimum atomic E-state index is -4.98. The summed E-state index contributed by atoms with van der Waals surface area (Å²) in [6.07, 6.45) is 69.0. The second kappa shape index (κ2) is 70.0. The summed E-state index contributed by atoms with van der Waals surface area (Å²) in [5.41, 5.74) is 0. The molecule has 0 aliphatic rings. The molecule has 0 aromatic carbocycles. The Morgan fingerprint density at radius 1 is 0.302 bits per heavy atom. The lowest BCUT2D eigenvalue weighted by atomic mass is 10.0. The van der Waals surface area contributed by atoms with Gasteiger partial charge in [-0.15, -0.1) is 0 Å². The van der Waals surface area contributed by atoms with Crippen LogP contribution in [0.25, 0.3) is 0 Å². The standard InChI is InChI=1S/C77H138O17P2/c1-5-9-13-17-21-25-29-33-34-35-36-40-42-46-50-54-58-62-75(80)88-68-73(94-77(82)64-60-56-52-48-44-39-32-28-24-20-16-12-8-4)70-92-96(85,86)90-66-71(78)65-89-95(83,84)91-69-72(93-76(81)63-59-55-51-47-43-38-31-27-23-19-15-11-7-3)67-87-74(79)61-57-53-49-45-41-37-30-26-22-18-14-10-6-2/h9,13,21,25,28,32-34,36,40,46,50,71-73,78H,5-8,10-12,14-20,22-24,26-27,29-31,35,37-39,41-45,47-49,51-70H2,1-4H3,(H,83,84)(H,85,86)/b13-9-,25-21-,32-28-,34-33-,40-36-,50-46-. The average Bonchev–Trinajstić information content (AvgIpc) is 3.12. The number of hydrogen-bond acceptors (Lipinski definition) is 15. The molecular formula is C77H138O17P2. The van der Waals surface area contributed by atoms with Gasteiger partial charge in [0.2, 0.25) is 0 Å². The van der Waals surface area contributed by atoms with Crippen LogP contribution < -0.4 is 0 Å². The molecule has 0 aliphatic carbocycles. The van der Waals surface area contributed by atoms with Crippen molar-refractivity contribution in [3.05, 3.63) is 72.9 Å². The minimum Gasteiger partial charge on any atom is -0.462 e. The van der Waals surface area contributed by atoms with Crippen LogP contribution in [-0.4, -0.2) is 96.7 Å². The maximum atomic E-state index is 13.1. The monoisotopic (exact) mass is 1400 g/mol. The third-order valence-corrected chi connectivity index (χ3v) is 18.1. The summed E-state index contributed by atoms with van der Waals surface area (Å²) in [5, 5.41) is 10.6. The summed E-state index contributed by atoms with van der Waals surface area (Å²) in [6.45, 7) is 4.71. The van der Waals surface area contributed by atoms with E-state index in [0.29, 0.717) is 32.1 Å². The molecule has 17 nitrogen and oxygen atoms in total. The zero-order valence-corrected chi connectivity index (χ0v) is 62.6. The lowest BCUT2D eigenvalue weighted by Crippen LogP contribution is -2.30. The number of ether oxygens (including phenoxy) is 4. The SMILES string of the molecule is CC/C=C\C/C=C\C/C=C\C/C=C\C/C=C\CCCC(=O)OCC(COP(=O)(O)OCC(O)COP(=O)(O)OCC(COC(=O)CCCCCCCCCCCCCCC)OC(=O)CCCCCCCCCCCCCCC)OC(=O)CCCCCCC/C=C\CCCCCC. The number of rotatable bonds is 72. The lowest BCUT2D eigenvalue weighted by Gasteiger charge is -2.21. The van der Waals surface area contributed by atoms with Crippen molar-refractivity contribution >= 4 is 39.5 Å². The van der Waals surface area contributed by atoms with Crippen LogP contribution in [0.2, 0.25) is 0 Å². The molecule has 96 heavy (non-hydrogen) atoms. The van der Waals surface area contributed by atoms with Gasteiger partial charge in [0.15, 0.2) is 12.2 Å². The van der Waals surface area contributed by atoms with Crippen LogP contribution in [0.15, 0.2) is 72.9 Å². The minimum absolute atomic E-state index is 0.0750. The van der Waals surface area contributed by atoms with Crippen molar-refractivity contribution in [2.24, 2.45) is 0 Å². The van der Waals surface area contributed by atoms with Gasteiger partial charge in [-0.1, -0.05) is 293 Å². The molecule has 0 fully saturated rings. The molecule has 0 aromatic heterocycles. The Labute approximate surface area is 583 Å². The molecule has 558 valence electrons. The van der Waals surface area contributed by atoms with E-state index in [0.717, 1.165) is 116 Å². The van der Waals surface area contributed by atoms with E-state index in [4.69, 9.17) is 37.0 Å². The van der Waals surface area contributed by atoms with Crippen LogP contribution in [0.4, 0.5) is 0 Å². The highest BCUT2D eigenvalue weighted by Crippen LogP contribution is 2.45. The average molecular weight is 1400 g/mol. The van der Waals surface area contributed by atoms with Gasteiger partial charge in [0.1, 0.15) is 19.3 Å². The fraction of sp³-hybridized carbons (Fsp3) is 0.792. The number of aliphatic hydroxyl groups is 1. The molecule has 5 unspecified atom stereocenters. The van der Waals surface area contributed by atoms with Gasteiger partial charge in [-0.05, 0) is 89.9 Å². The Bertz CT molecular complexity index is 2110. The zero-order chi connectivity index (χ0) is 70.4. The Morgan fingerprint density at radius 2 is 0.552 bits per heavy atom. The van der Waals surface area contributed by atoms with Crippen LogP contribution in [0.5, 0.6) is 0 Å². The Morgan fingerprint density at radius 3 is 0.896 bits per heavy atom. The van der Waals surface area contributed by atoms with Crippen LogP contribution in [0.3, 0.4) is 0 Å². The van der Waals surface area contributed by atoms with Gasteiger partial charge in [-0.2, -0.15) is 0 Å². The number of aliphatic hydroxyl groups excluding tert-OH is 1. The normalized spacial score (nSPS) is 14.4. The van der Waals surface area contributed by atoms with Gasteiger partial charge in [0, 0.05) is 25.7 Å². The van der Waals surface area contributed by atoms with E-state index in [-0.39, 0.29) is 25.7 Å². The Kier molecular flexibility index (Phi) is 67.4. The summed E-state index contributed by atoms with van der Waals surface area (Å²) in [6, 6.07) is 0. The first kappa shape index (κ1) is 92.5. The fourth-order valence-electron chi connectivity index (χ4n) is 10.4. The highest BCUT2D eigenvalue weighted by atomic mass is 31.2. The number of carbonyl (C=O) groups is 4. The highest BCUT2D eigenvalue weighted by molar-refractivity contribution is 7.47. The molecule has 0 bridgehead atoms. The van der Waals surface area contributed by atoms with E-state index >= 15 is 0 Å². The van der Waals surface area contributed by atoms with Crippen LogP contribution in [-0.2, 0) is 65.4 Å². The third-order valence-electron chi connectivity index (χ3n) is 16.2. The van der Waals surface area contributed by atoms with Crippen LogP contribution >= 0.6 is 15.6 Å². The first-order chi connectivity index (χ1) is 46.7. The molecule has 0 heterocycles. The summed E-state index contributed by atoms with van der Waals surface area (Å²) < 4.78 is 68.4. The molecule has 0 saturated carbocycles. The number of phosphoric ester groups is 2. The molecule has 3 N–H and O–H groups in total. The highest BCUT2D eigenvalue weighted by Gasteiger charge is 2.30. The van der Waals surface area contributed by atoms with Gasteiger partial charge in [0.25, 0.3) is 0 Å². The second-order valence-electron chi connectivity index (χ2n) is 25.6. The molecule has 0 saturated heterocycles. The van der Waals surface area contributed by atoms with Crippen molar-refractivity contribution in [1.29, 1.82) is 0 Å². The summed E-state index contributed by atoms with van der Waals surface area (Å²) in [7, 11) is -9.95. The quantitative estimate of drug-likeness (QED) is 0.0169. The topological polar surface area (TPSA) is 237 Å². The zero-order valence-electron chi connectivity index (χ0n) is 60.8. The van der Waals surface area contributed by atoms with Crippen molar-refractivity contribution in [3.8, 4) is 0 Å². The number of phosphoric acid groups is 2. The van der Waals surface area contributed by atoms with Crippen LogP contribution in [0, 0.1) is 0 Å². The first-order valence-corrected chi connectivity index (χ1v) is 41.2. The van der Waals surface area contributed by atoms with Gasteiger partial charge >= 0.3 is 39.5 Å². The summed E-state index contributed by atoms with van der Waals surface area (Å²) in [5.74, 6) is -2.22. The molecule has 0 radical (unpaired) electrons. The van der Waals surface area contributed by atoms with Crippen molar-refractivity contribution in [2.75, 3.05) is 39.6 Å². The van der Waals surface area contributed by atoms with E-state index in [1.54, 1.807) is 0 Å². The molecule has 0 aliphatic heterocycles. The predicted octanol–water partition coefficient (Wildman–Crippen LogP) is 21.7. The number of esters is 4. The number of hydrogen-bond donors (Lipinski definition) is 3. The number of unbranched alkanes of at least 4 members (excludes halogenated alkanes) is 34. The van der Waals surface area contributed by atoms with E-state index in [9.17, 15) is 43.2 Å². The van der Waals surface area contributed by atoms with E-state index in [1.165, 1.54) is 135 Å². The predicted molar refractivity (Wildman–Crippen MR) is 390 cm³/mol. The van der Waals surface area contributed by atoms with Gasteiger partial charge in [-0.25, -0.2) is 9.13 Å². The second-order valence-corrected chi connectivity index (χ2v) is 28.5. The molecule has 0 aromatic rings. The van der Waals surface area contributed by atoms with Crippen LogP contribution in [0.1, 0.15) is 336 Å². The van der Waals surface area contributed by atoms with Crippen molar-refractivity contribution in [3.63, 3.8) is 0 Å². The maximum absolute atomic E-state index is 13.1. The van der Waals surface area contributed by atoms with Crippen molar-refractivity contribution < 1.29 is 80.2 Å². The third kappa shape index (κ3) is 69.0. The van der Waals surface area contributed by atoms with Gasteiger partial charge < -0.3 is 33.8 Å². The Hall–Kier alpha value is -3.50. The first-order valence-electron chi connectivity index (χ1n) is 38.2. The van der Waals surface area contributed by atoms with E-state index < -0.39 is 97.5 Å². The van der Waals surface area contributed by atoms with E-state index in [1.807, 2.05) is 12.2 Å². The van der Waals surface area contributed by atoms with Gasteiger partial charge in [-0.3, -0.25) is 37.3 Å². The molecule has 0 spiro atoms. The molecule has 19 heteroatoms. The number of carbonyl (C=O) groups excluding carboxylic acids is 4. The van der Waals surface area contributed by atoms with Crippen molar-refractivity contribution in [2.45, 2.75) is 354 Å². The molecule has 0 rings (SSSR count). The molecule has 5 atom stereocenters. The van der Waals surface area contributed by atoms with E-state index in [2.05, 4.69) is 88.5 Å². The lowest BCUT2D eigenvalue weighted by molar-refractivity contribution is -0.161.